The number of halogens is 1. The second-order valence-electron chi connectivity index (χ2n) is 3.92. The highest BCUT2D eigenvalue weighted by Gasteiger charge is 2.00. The molecule has 0 amide bonds. The lowest BCUT2D eigenvalue weighted by Gasteiger charge is -2.18. The number of anilines is 1. The second kappa shape index (κ2) is 6.48. The first-order valence-electron chi connectivity index (χ1n) is 5.89. The van der Waals surface area contributed by atoms with Crippen LogP contribution in [0, 0.1) is 12.7 Å². The van der Waals surface area contributed by atoms with Crippen molar-refractivity contribution in [2.75, 3.05) is 31.5 Å². The van der Waals surface area contributed by atoms with Crippen LogP contribution < -0.4 is 5.32 Å². The molecule has 1 aromatic rings. The van der Waals surface area contributed by atoms with Crippen molar-refractivity contribution in [2.24, 2.45) is 0 Å². The van der Waals surface area contributed by atoms with E-state index in [0.717, 1.165) is 31.9 Å². The van der Waals surface area contributed by atoms with Crippen LogP contribution in [0.25, 0.3) is 0 Å². The summed E-state index contributed by atoms with van der Waals surface area (Å²) in [6.07, 6.45) is 0. The van der Waals surface area contributed by atoms with Gasteiger partial charge in [-0.15, -0.1) is 0 Å². The molecule has 16 heavy (non-hydrogen) atoms. The van der Waals surface area contributed by atoms with Crippen molar-refractivity contribution in [1.82, 2.24) is 4.90 Å². The van der Waals surface area contributed by atoms with E-state index in [-0.39, 0.29) is 5.82 Å². The molecule has 0 atom stereocenters. The molecule has 0 heterocycles. The van der Waals surface area contributed by atoms with Gasteiger partial charge < -0.3 is 10.2 Å². The van der Waals surface area contributed by atoms with Crippen LogP contribution in [-0.2, 0) is 0 Å². The lowest BCUT2D eigenvalue weighted by Crippen LogP contribution is -2.28. The molecule has 0 bridgehead atoms. The van der Waals surface area contributed by atoms with Gasteiger partial charge in [0.2, 0.25) is 0 Å². The average molecular weight is 224 g/mol. The monoisotopic (exact) mass is 224 g/mol. The zero-order chi connectivity index (χ0) is 12.0. The predicted octanol–water partition coefficient (Wildman–Crippen LogP) is 2.89. The van der Waals surface area contributed by atoms with Crippen molar-refractivity contribution < 1.29 is 4.39 Å². The Morgan fingerprint density at radius 1 is 1.25 bits per heavy atom. The third kappa shape index (κ3) is 3.81. The maximum Gasteiger partial charge on any atom is 0.126 e. The molecule has 0 saturated heterocycles. The molecule has 0 radical (unpaired) electrons. The average Bonchev–Trinajstić information content (AvgIpc) is 2.29. The van der Waals surface area contributed by atoms with E-state index in [0.29, 0.717) is 5.56 Å². The van der Waals surface area contributed by atoms with Gasteiger partial charge in [0, 0.05) is 18.8 Å². The van der Waals surface area contributed by atoms with Gasteiger partial charge >= 0.3 is 0 Å². The van der Waals surface area contributed by atoms with Crippen LogP contribution in [0.3, 0.4) is 0 Å². The van der Waals surface area contributed by atoms with Crippen molar-refractivity contribution in [3.8, 4) is 0 Å². The summed E-state index contributed by atoms with van der Waals surface area (Å²) in [7, 11) is 0. The number of benzene rings is 1. The molecule has 3 heteroatoms. The Morgan fingerprint density at radius 3 is 2.50 bits per heavy atom. The molecule has 0 saturated carbocycles. The summed E-state index contributed by atoms with van der Waals surface area (Å²) in [5, 5.41) is 3.30. The molecule has 1 N–H and O–H groups in total. The minimum Gasteiger partial charge on any atom is -0.384 e. The van der Waals surface area contributed by atoms with Gasteiger partial charge in [-0.25, -0.2) is 4.39 Å². The molecule has 0 fully saturated rings. The minimum atomic E-state index is -0.144. The Hall–Kier alpha value is -1.09. The van der Waals surface area contributed by atoms with Crippen LogP contribution >= 0.6 is 0 Å². The SMILES string of the molecule is CCN(CC)CCNc1ccc(F)c(C)c1. The Balaban J connectivity index is 2.40. The van der Waals surface area contributed by atoms with Crippen LogP contribution in [0.4, 0.5) is 10.1 Å². The molecular formula is C13H21FN2. The molecular weight excluding hydrogens is 203 g/mol. The number of nitrogens with one attached hydrogen (secondary N) is 1. The molecule has 1 aromatic carbocycles. The lowest BCUT2D eigenvalue weighted by atomic mass is 10.2. The normalized spacial score (nSPS) is 10.8. The van der Waals surface area contributed by atoms with Crippen LogP contribution in [-0.4, -0.2) is 31.1 Å². The first kappa shape index (κ1) is 13.0. The van der Waals surface area contributed by atoms with Gasteiger partial charge in [-0.2, -0.15) is 0 Å². The number of aryl methyl sites for hydroxylation is 1. The number of nitrogens with zero attached hydrogens (tertiary/aromatic N) is 1. The van der Waals surface area contributed by atoms with Crippen molar-refractivity contribution in [1.29, 1.82) is 0 Å². The van der Waals surface area contributed by atoms with Gasteiger partial charge in [-0.3, -0.25) is 0 Å². The predicted molar refractivity (Wildman–Crippen MR) is 67.4 cm³/mol. The number of hydrogen-bond acceptors (Lipinski definition) is 2. The van der Waals surface area contributed by atoms with E-state index in [1.807, 2.05) is 6.07 Å². The summed E-state index contributed by atoms with van der Waals surface area (Å²) in [5.74, 6) is -0.144. The van der Waals surface area contributed by atoms with Crippen molar-refractivity contribution >= 4 is 5.69 Å². The topological polar surface area (TPSA) is 15.3 Å². The van der Waals surface area contributed by atoms with Gasteiger partial charge in [-0.1, -0.05) is 13.8 Å². The van der Waals surface area contributed by atoms with Crippen LogP contribution in [0.5, 0.6) is 0 Å². The molecule has 0 aromatic heterocycles. The third-order valence-electron chi connectivity index (χ3n) is 2.81. The molecule has 2 nitrogen and oxygen atoms in total. The first-order chi connectivity index (χ1) is 7.67. The largest absolute Gasteiger partial charge is 0.384 e. The van der Waals surface area contributed by atoms with Crippen LogP contribution in [0.2, 0.25) is 0 Å². The second-order valence-corrected chi connectivity index (χ2v) is 3.92. The van der Waals surface area contributed by atoms with Gasteiger partial charge in [-0.05, 0) is 43.8 Å². The quantitative estimate of drug-likeness (QED) is 0.799. The van der Waals surface area contributed by atoms with E-state index in [2.05, 4.69) is 24.1 Å². The van der Waals surface area contributed by atoms with Crippen LogP contribution in [0.15, 0.2) is 18.2 Å². The molecule has 0 spiro atoms. The number of rotatable bonds is 6. The standard InChI is InChI=1S/C13H21FN2/c1-4-16(5-2)9-8-15-12-6-7-13(14)11(3)10-12/h6-7,10,15H,4-5,8-9H2,1-3H3. The summed E-state index contributed by atoms with van der Waals surface area (Å²) >= 11 is 0. The van der Waals surface area contributed by atoms with E-state index in [1.54, 1.807) is 13.0 Å². The van der Waals surface area contributed by atoms with E-state index in [1.165, 1.54) is 6.07 Å². The van der Waals surface area contributed by atoms with Crippen molar-refractivity contribution in [3.05, 3.63) is 29.6 Å². The zero-order valence-corrected chi connectivity index (χ0v) is 10.4. The Morgan fingerprint density at radius 2 is 1.94 bits per heavy atom. The maximum absolute atomic E-state index is 13.0. The Kier molecular flexibility index (Phi) is 5.26. The third-order valence-corrected chi connectivity index (χ3v) is 2.81. The smallest absolute Gasteiger partial charge is 0.126 e. The summed E-state index contributed by atoms with van der Waals surface area (Å²) in [6.45, 7) is 10.2. The highest BCUT2D eigenvalue weighted by molar-refractivity contribution is 5.45. The number of hydrogen-bond donors (Lipinski definition) is 1. The van der Waals surface area contributed by atoms with E-state index < -0.39 is 0 Å². The highest BCUT2D eigenvalue weighted by atomic mass is 19.1. The summed E-state index contributed by atoms with van der Waals surface area (Å²) in [4.78, 5) is 2.35. The van der Waals surface area contributed by atoms with E-state index in [9.17, 15) is 4.39 Å². The summed E-state index contributed by atoms with van der Waals surface area (Å²) in [6, 6.07) is 5.14. The summed E-state index contributed by atoms with van der Waals surface area (Å²) < 4.78 is 13.0. The molecule has 0 aliphatic carbocycles. The fraction of sp³-hybridized carbons (Fsp3) is 0.538. The van der Waals surface area contributed by atoms with Gasteiger partial charge in [0.15, 0.2) is 0 Å². The Bertz CT molecular complexity index is 322. The molecule has 1 rings (SSSR count). The zero-order valence-electron chi connectivity index (χ0n) is 10.4. The number of likely N-dealkylation sites (N-methyl/N-ethyl adjacent to an activating group) is 1. The van der Waals surface area contributed by atoms with Gasteiger partial charge in [0.1, 0.15) is 5.82 Å². The van der Waals surface area contributed by atoms with Crippen molar-refractivity contribution in [3.63, 3.8) is 0 Å². The van der Waals surface area contributed by atoms with E-state index in [4.69, 9.17) is 0 Å². The highest BCUT2D eigenvalue weighted by Crippen LogP contribution is 2.13. The fourth-order valence-electron chi connectivity index (χ4n) is 1.65. The molecule has 0 aliphatic heterocycles. The maximum atomic E-state index is 13.0. The lowest BCUT2D eigenvalue weighted by molar-refractivity contribution is 0.316. The van der Waals surface area contributed by atoms with E-state index >= 15 is 0 Å². The van der Waals surface area contributed by atoms with Crippen LogP contribution in [0.1, 0.15) is 19.4 Å². The molecule has 90 valence electrons. The fourth-order valence-corrected chi connectivity index (χ4v) is 1.65. The van der Waals surface area contributed by atoms with Gasteiger partial charge in [0.05, 0.1) is 0 Å². The van der Waals surface area contributed by atoms with Crippen molar-refractivity contribution in [2.45, 2.75) is 20.8 Å². The minimum absolute atomic E-state index is 0.144. The molecule has 0 aliphatic rings. The summed E-state index contributed by atoms with van der Waals surface area (Å²) in [5.41, 5.74) is 1.68. The first-order valence-corrected chi connectivity index (χ1v) is 5.89. The Labute approximate surface area is 97.5 Å². The van der Waals surface area contributed by atoms with Gasteiger partial charge in [0.25, 0.3) is 0 Å². The molecule has 0 unspecified atom stereocenters.